The summed E-state index contributed by atoms with van der Waals surface area (Å²) in [7, 11) is 0. The number of imidazole rings is 1. The number of ketones is 1. The minimum Gasteiger partial charge on any atom is -0.325 e. The number of aromatic nitrogens is 2. The molecule has 138 valence electrons. The van der Waals surface area contributed by atoms with E-state index in [1.165, 1.54) is 18.7 Å². The van der Waals surface area contributed by atoms with Gasteiger partial charge in [0.1, 0.15) is 0 Å². The molecule has 0 aliphatic heterocycles. The van der Waals surface area contributed by atoms with Crippen LogP contribution in [0.1, 0.15) is 22.8 Å². The second-order valence-electron chi connectivity index (χ2n) is 5.94. The van der Waals surface area contributed by atoms with Crippen molar-refractivity contribution in [3.63, 3.8) is 0 Å². The molecule has 1 aromatic heterocycles. The largest absolute Gasteiger partial charge is 0.325 e. The van der Waals surface area contributed by atoms with E-state index in [9.17, 15) is 9.59 Å². The molecule has 1 amide bonds. The van der Waals surface area contributed by atoms with Gasteiger partial charge in [0.25, 0.3) is 0 Å². The van der Waals surface area contributed by atoms with Crippen molar-refractivity contribution >= 4 is 40.7 Å². The average molecular weight is 400 g/mol. The smallest absolute Gasteiger partial charge is 0.234 e. The van der Waals surface area contributed by atoms with E-state index in [4.69, 9.17) is 11.6 Å². The van der Waals surface area contributed by atoms with Crippen molar-refractivity contribution in [2.75, 3.05) is 11.1 Å². The first-order valence-electron chi connectivity index (χ1n) is 8.28. The molecule has 0 aliphatic rings. The highest BCUT2D eigenvalue weighted by molar-refractivity contribution is 7.99. The van der Waals surface area contributed by atoms with Crippen LogP contribution in [0.15, 0.2) is 60.0 Å². The van der Waals surface area contributed by atoms with Crippen LogP contribution in [0.5, 0.6) is 0 Å². The first kappa shape index (κ1) is 19.2. The summed E-state index contributed by atoms with van der Waals surface area (Å²) in [4.78, 5) is 28.1. The molecule has 0 saturated heterocycles. The molecule has 27 heavy (non-hydrogen) atoms. The second-order valence-corrected chi connectivity index (χ2v) is 7.29. The Balaban J connectivity index is 1.68. The Morgan fingerprint density at radius 2 is 2.00 bits per heavy atom. The fourth-order valence-electron chi connectivity index (χ4n) is 2.58. The van der Waals surface area contributed by atoms with Crippen LogP contribution in [0.4, 0.5) is 5.69 Å². The summed E-state index contributed by atoms with van der Waals surface area (Å²) in [5.41, 5.74) is 3.04. The Morgan fingerprint density at radius 1 is 1.22 bits per heavy atom. The zero-order chi connectivity index (χ0) is 19.4. The summed E-state index contributed by atoms with van der Waals surface area (Å²) in [6.45, 7) is 3.44. The van der Waals surface area contributed by atoms with Crippen LogP contribution >= 0.6 is 23.4 Å². The van der Waals surface area contributed by atoms with Crippen LogP contribution in [-0.2, 0) is 4.79 Å². The number of nitrogens with zero attached hydrogens (tertiary/aromatic N) is 2. The van der Waals surface area contributed by atoms with Gasteiger partial charge in [-0.05, 0) is 43.7 Å². The third-order valence-electron chi connectivity index (χ3n) is 3.99. The van der Waals surface area contributed by atoms with Gasteiger partial charge >= 0.3 is 0 Å². The van der Waals surface area contributed by atoms with E-state index in [1.807, 2.05) is 35.9 Å². The number of halogens is 1. The van der Waals surface area contributed by atoms with Gasteiger partial charge in [-0.3, -0.25) is 14.2 Å². The fraction of sp³-hybridized carbons (Fsp3) is 0.150. The average Bonchev–Trinajstić information content (AvgIpc) is 3.11. The van der Waals surface area contributed by atoms with Gasteiger partial charge in [-0.15, -0.1) is 0 Å². The lowest BCUT2D eigenvalue weighted by Gasteiger charge is -2.11. The van der Waals surface area contributed by atoms with Crippen molar-refractivity contribution in [1.29, 1.82) is 0 Å². The fourth-order valence-corrected chi connectivity index (χ4v) is 3.52. The maximum absolute atomic E-state index is 12.3. The molecule has 0 saturated carbocycles. The highest BCUT2D eigenvalue weighted by Crippen LogP contribution is 2.26. The van der Waals surface area contributed by atoms with Gasteiger partial charge in [0.15, 0.2) is 10.9 Å². The maximum atomic E-state index is 12.3. The highest BCUT2D eigenvalue weighted by Gasteiger charge is 2.12. The van der Waals surface area contributed by atoms with Gasteiger partial charge in [0, 0.05) is 28.7 Å². The molecule has 1 N–H and O–H groups in total. The van der Waals surface area contributed by atoms with Crippen LogP contribution < -0.4 is 5.32 Å². The number of anilines is 1. The van der Waals surface area contributed by atoms with E-state index in [2.05, 4.69) is 10.3 Å². The summed E-state index contributed by atoms with van der Waals surface area (Å²) in [5.74, 6) is -0.0153. The molecule has 0 spiro atoms. The molecule has 0 atom stereocenters. The molecule has 5 nitrogen and oxygen atoms in total. The number of nitrogens with one attached hydrogen (secondary N) is 1. The van der Waals surface area contributed by atoms with Crippen molar-refractivity contribution in [3.05, 3.63) is 71.0 Å². The van der Waals surface area contributed by atoms with Gasteiger partial charge in [0.05, 0.1) is 11.4 Å². The van der Waals surface area contributed by atoms with E-state index < -0.39 is 0 Å². The number of benzene rings is 2. The van der Waals surface area contributed by atoms with Gasteiger partial charge in [0.2, 0.25) is 5.91 Å². The number of thioether (sulfide) groups is 1. The van der Waals surface area contributed by atoms with Crippen molar-refractivity contribution in [3.8, 4) is 5.69 Å². The zero-order valence-electron chi connectivity index (χ0n) is 14.9. The number of rotatable bonds is 6. The summed E-state index contributed by atoms with van der Waals surface area (Å²) in [6, 6.07) is 12.6. The van der Waals surface area contributed by atoms with Gasteiger partial charge in [-0.1, -0.05) is 41.6 Å². The monoisotopic (exact) mass is 399 g/mol. The number of Topliss-reactive ketones (excluding diaryl/α,β-unsaturated/α-hetero) is 1. The Labute approximate surface area is 166 Å². The molecular formula is C20H18ClN3O2S. The Hall–Kier alpha value is -2.57. The van der Waals surface area contributed by atoms with E-state index in [1.54, 1.807) is 30.5 Å². The van der Waals surface area contributed by atoms with Crippen molar-refractivity contribution in [1.82, 2.24) is 9.55 Å². The van der Waals surface area contributed by atoms with Crippen LogP contribution in [0, 0.1) is 6.92 Å². The molecule has 0 bridgehead atoms. The van der Waals surface area contributed by atoms with Crippen molar-refractivity contribution < 1.29 is 9.59 Å². The Bertz CT molecular complexity index is 1000. The SMILES string of the molecule is CC(=O)c1cccc(NC(=O)CSc2nccn2-c2cccc(Cl)c2C)c1. The minimum atomic E-state index is -0.168. The first-order valence-corrected chi connectivity index (χ1v) is 9.64. The number of hydrogen-bond acceptors (Lipinski definition) is 4. The molecule has 3 aromatic rings. The highest BCUT2D eigenvalue weighted by atomic mass is 35.5. The molecule has 1 heterocycles. The third kappa shape index (κ3) is 4.59. The predicted octanol–water partition coefficient (Wildman–Crippen LogP) is 4.77. The molecule has 0 fully saturated rings. The van der Waals surface area contributed by atoms with E-state index in [-0.39, 0.29) is 17.4 Å². The number of hydrogen-bond donors (Lipinski definition) is 1. The molecule has 3 rings (SSSR count). The zero-order valence-corrected chi connectivity index (χ0v) is 16.5. The molecular weight excluding hydrogens is 382 g/mol. The lowest BCUT2D eigenvalue weighted by molar-refractivity contribution is -0.113. The van der Waals surface area contributed by atoms with Crippen LogP contribution in [0.2, 0.25) is 5.02 Å². The third-order valence-corrected chi connectivity index (χ3v) is 5.37. The van der Waals surface area contributed by atoms with Gasteiger partial charge in [-0.2, -0.15) is 0 Å². The normalized spacial score (nSPS) is 10.6. The van der Waals surface area contributed by atoms with Crippen molar-refractivity contribution in [2.45, 2.75) is 19.0 Å². The molecule has 7 heteroatoms. The summed E-state index contributed by atoms with van der Waals surface area (Å²) >= 11 is 7.54. The van der Waals surface area contributed by atoms with E-state index >= 15 is 0 Å². The van der Waals surface area contributed by atoms with Gasteiger partial charge in [-0.25, -0.2) is 4.98 Å². The summed E-state index contributed by atoms with van der Waals surface area (Å²) < 4.78 is 1.91. The standard InChI is InChI=1S/C20H18ClN3O2S/c1-13-17(21)7-4-8-18(13)24-10-9-22-20(24)27-12-19(26)23-16-6-3-5-15(11-16)14(2)25/h3-11H,12H2,1-2H3,(H,23,26). The summed E-state index contributed by atoms with van der Waals surface area (Å²) in [5, 5.41) is 4.19. The topological polar surface area (TPSA) is 64.0 Å². The van der Waals surface area contributed by atoms with E-state index in [0.29, 0.717) is 21.4 Å². The predicted molar refractivity (Wildman–Crippen MR) is 109 cm³/mol. The van der Waals surface area contributed by atoms with Crippen LogP contribution in [0.25, 0.3) is 5.69 Å². The number of amides is 1. The van der Waals surface area contributed by atoms with Gasteiger partial charge < -0.3 is 5.32 Å². The lowest BCUT2D eigenvalue weighted by Crippen LogP contribution is -2.15. The van der Waals surface area contributed by atoms with Crippen LogP contribution in [-0.4, -0.2) is 27.0 Å². The van der Waals surface area contributed by atoms with E-state index in [0.717, 1.165) is 11.3 Å². The molecule has 2 aromatic carbocycles. The molecule has 0 radical (unpaired) electrons. The first-order chi connectivity index (χ1) is 13.0. The quantitative estimate of drug-likeness (QED) is 0.479. The minimum absolute atomic E-state index is 0.0422. The van der Waals surface area contributed by atoms with Crippen molar-refractivity contribution in [2.24, 2.45) is 0 Å². The Morgan fingerprint density at radius 3 is 2.78 bits per heavy atom. The molecule has 0 unspecified atom stereocenters. The lowest BCUT2D eigenvalue weighted by atomic mass is 10.1. The maximum Gasteiger partial charge on any atom is 0.234 e. The number of carbonyl (C=O) groups is 2. The number of carbonyl (C=O) groups excluding carboxylic acids is 2. The molecule has 0 aliphatic carbocycles. The summed E-state index contributed by atoms with van der Waals surface area (Å²) in [6.07, 6.45) is 3.53. The Kier molecular flexibility index (Phi) is 5.98. The van der Waals surface area contributed by atoms with Crippen LogP contribution in [0.3, 0.4) is 0 Å². The second kappa shape index (κ2) is 8.41.